The molecule has 0 fully saturated rings. The third kappa shape index (κ3) is 1.75. The van der Waals surface area contributed by atoms with Crippen molar-refractivity contribution in [2.75, 3.05) is 19.3 Å². The van der Waals surface area contributed by atoms with Gasteiger partial charge in [0, 0.05) is 22.2 Å². The van der Waals surface area contributed by atoms with Crippen molar-refractivity contribution < 1.29 is 4.39 Å². The summed E-state index contributed by atoms with van der Waals surface area (Å²) >= 11 is 5.07. The predicted molar refractivity (Wildman–Crippen MR) is 88.8 cm³/mol. The fraction of sp³-hybridized carbons (Fsp3) is 0.214. The molecule has 1 aromatic heterocycles. The molecule has 20 heavy (non-hydrogen) atoms. The van der Waals surface area contributed by atoms with Gasteiger partial charge in [0.2, 0.25) is 0 Å². The SMILES string of the molecule is CSC1=C(c2ccc(F)c3ccsc23)N2CCN=C2S1. The first-order chi connectivity index (χ1) is 9.79. The molecule has 2 aromatic rings. The van der Waals surface area contributed by atoms with E-state index < -0.39 is 0 Å². The van der Waals surface area contributed by atoms with Crippen LogP contribution in [0.3, 0.4) is 0 Å². The maximum Gasteiger partial charge on any atom is 0.169 e. The number of amidine groups is 1. The third-order valence-electron chi connectivity index (χ3n) is 3.45. The van der Waals surface area contributed by atoms with Crippen molar-refractivity contribution in [1.29, 1.82) is 0 Å². The van der Waals surface area contributed by atoms with Crippen LogP contribution in [0.5, 0.6) is 0 Å². The van der Waals surface area contributed by atoms with E-state index in [4.69, 9.17) is 0 Å². The molecule has 2 aliphatic rings. The van der Waals surface area contributed by atoms with Crippen LogP contribution in [0.25, 0.3) is 15.8 Å². The lowest BCUT2D eigenvalue weighted by molar-refractivity contribution is 0.638. The summed E-state index contributed by atoms with van der Waals surface area (Å²) in [5, 5.41) is 3.76. The molecule has 3 heterocycles. The molecule has 0 aliphatic carbocycles. The van der Waals surface area contributed by atoms with E-state index in [1.165, 1.54) is 9.93 Å². The van der Waals surface area contributed by atoms with E-state index in [0.29, 0.717) is 0 Å². The number of rotatable bonds is 2. The lowest BCUT2D eigenvalue weighted by atomic mass is 10.1. The Balaban J connectivity index is 1.96. The number of thioether (sulfide) groups is 2. The van der Waals surface area contributed by atoms with Gasteiger partial charge in [-0.05, 0) is 41.6 Å². The number of thiophene rings is 1. The highest BCUT2D eigenvalue weighted by molar-refractivity contribution is 8.30. The van der Waals surface area contributed by atoms with E-state index in [-0.39, 0.29) is 5.82 Å². The van der Waals surface area contributed by atoms with Crippen LogP contribution in [0.15, 0.2) is 32.8 Å². The Morgan fingerprint density at radius 2 is 2.25 bits per heavy atom. The van der Waals surface area contributed by atoms with E-state index >= 15 is 0 Å². The van der Waals surface area contributed by atoms with Crippen LogP contribution in [-0.2, 0) is 0 Å². The minimum atomic E-state index is -0.141. The molecule has 0 saturated heterocycles. The largest absolute Gasteiger partial charge is 0.317 e. The minimum Gasteiger partial charge on any atom is -0.317 e. The van der Waals surface area contributed by atoms with Crippen molar-refractivity contribution in [3.05, 3.63) is 39.2 Å². The zero-order valence-electron chi connectivity index (χ0n) is 10.7. The number of benzene rings is 1. The highest BCUT2D eigenvalue weighted by Crippen LogP contribution is 2.48. The Kier molecular flexibility index (Phi) is 3.05. The van der Waals surface area contributed by atoms with Crippen LogP contribution < -0.4 is 0 Å². The van der Waals surface area contributed by atoms with Crippen molar-refractivity contribution in [2.24, 2.45) is 4.99 Å². The molecule has 0 saturated carbocycles. The molecule has 0 radical (unpaired) electrons. The number of fused-ring (bicyclic) bond motifs is 2. The van der Waals surface area contributed by atoms with Gasteiger partial charge in [0.15, 0.2) is 5.17 Å². The highest BCUT2D eigenvalue weighted by atomic mass is 32.2. The van der Waals surface area contributed by atoms with Crippen molar-refractivity contribution in [3.8, 4) is 0 Å². The molecule has 0 atom stereocenters. The Morgan fingerprint density at radius 1 is 1.35 bits per heavy atom. The van der Waals surface area contributed by atoms with Crippen LogP contribution in [0, 0.1) is 5.82 Å². The summed E-state index contributed by atoms with van der Waals surface area (Å²) in [6.07, 6.45) is 2.08. The zero-order chi connectivity index (χ0) is 13.7. The first kappa shape index (κ1) is 12.7. The van der Waals surface area contributed by atoms with Gasteiger partial charge in [0.05, 0.1) is 16.5 Å². The Hall–Kier alpha value is -0.980. The molecule has 0 amide bonds. The van der Waals surface area contributed by atoms with Gasteiger partial charge in [0.25, 0.3) is 0 Å². The summed E-state index contributed by atoms with van der Waals surface area (Å²) in [6, 6.07) is 5.34. The number of aliphatic imine (C=N–C) groups is 1. The monoisotopic (exact) mass is 322 g/mol. The molecule has 4 rings (SSSR count). The second kappa shape index (κ2) is 4.79. The first-order valence-electron chi connectivity index (χ1n) is 6.24. The fourth-order valence-corrected chi connectivity index (χ4v) is 5.40. The van der Waals surface area contributed by atoms with E-state index in [9.17, 15) is 4.39 Å². The number of nitrogens with zero attached hydrogens (tertiary/aromatic N) is 2. The van der Waals surface area contributed by atoms with Crippen LogP contribution in [-0.4, -0.2) is 29.4 Å². The second-order valence-corrected chi connectivity index (χ2v) is 7.49. The molecule has 102 valence electrons. The van der Waals surface area contributed by atoms with E-state index in [1.54, 1.807) is 40.9 Å². The molecule has 0 spiro atoms. The summed E-state index contributed by atoms with van der Waals surface area (Å²) in [5.74, 6) is -0.141. The van der Waals surface area contributed by atoms with Crippen LogP contribution in [0.4, 0.5) is 4.39 Å². The van der Waals surface area contributed by atoms with Crippen molar-refractivity contribution in [2.45, 2.75) is 0 Å². The van der Waals surface area contributed by atoms with Crippen LogP contribution in [0.2, 0.25) is 0 Å². The zero-order valence-corrected chi connectivity index (χ0v) is 13.2. The van der Waals surface area contributed by atoms with Crippen molar-refractivity contribution in [3.63, 3.8) is 0 Å². The smallest absolute Gasteiger partial charge is 0.169 e. The predicted octanol–water partition coefficient (Wildman–Crippen LogP) is 4.45. The Morgan fingerprint density at radius 3 is 3.10 bits per heavy atom. The average Bonchev–Trinajstić information content (AvgIpc) is 3.14. The van der Waals surface area contributed by atoms with Gasteiger partial charge < -0.3 is 4.90 Å². The maximum atomic E-state index is 13.9. The fourth-order valence-electron chi connectivity index (χ4n) is 2.57. The van der Waals surface area contributed by atoms with Crippen LogP contribution >= 0.6 is 34.9 Å². The van der Waals surface area contributed by atoms with Crippen molar-refractivity contribution >= 4 is 55.8 Å². The summed E-state index contributed by atoms with van der Waals surface area (Å²) < 4.78 is 16.2. The molecular formula is C14H11FN2S3. The second-order valence-electron chi connectivity index (χ2n) is 4.52. The average molecular weight is 322 g/mol. The van der Waals surface area contributed by atoms with Crippen molar-refractivity contribution in [1.82, 2.24) is 4.90 Å². The lowest BCUT2D eigenvalue weighted by Crippen LogP contribution is -2.20. The first-order valence-corrected chi connectivity index (χ1v) is 9.16. The number of halogens is 1. The Bertz CT molecular complexity index is 763. The summed E-state index contributed by atoms with van der Waals surface area (Å²) in [5.41, 5.74) is 2.33. The number of hydrogen-bond acceptors (Lipinski definition) is 5. The summed E-state index contributed by atoms with van der Waals surface area (Å²) in [7, 11) is 0. The van der Waals surface area contributed by atoms with Crippen LogP contribution in [0.1, 0.15) is 5.56 Å². The molecule has 1 aromatic carbocycles. The lowest BCUT2D eigenvalue weighted by Gasteiger charge is -2.17. The van der Waals surface area contributed by atoms with Gasteiger partial charge >= 0.3 is 0 Å². The molecule has 0 bridgehead atoms. The van der Waals surface area contributed by atoms with Gasteiger partial charge in [-0.1, -0.05) is 0 Å². The minimum absolute atomic E-state index is 0.141. The van der Waals surface area contributed by atoms with Gasteiger partial charge in [0.1, 0.15) is 5.82 Å². The topological polar surface area (TPSA) is 15.6 Å². The van der Waals surface area contributed by atoms with Gasteiger partial charge in [-0.2, -0.15) is 0 Å². The highest BCUT2D eigenvalue weighted by Gasteiger charge is 2.33. The summed E-state index contributed by atoms with van der Waals surface area (Å²) in [4.78, 5) is 6.80. The van der Waals surface area contributed by atoms with E-state index in [1.807, 2.05) is 17.5 Å². The molecule has 2 aliphatic heterocycles. The molecule has 0 unspecified atom stereocenters. The molecular weight excluding hydrogens is 311 g/mol. The van der Waals surface area contributed by atoms with E-state index in [2.05, 4.69) is 16.1 Å². The van der Waals surface area contributed by atoms with Gasteiger partial charge in [-0.25, -0.2) is 4.39 Å². The molecule has 6 heteroatoms. The normalized spacial score (nSPS) is 18.1. The standard InChI is InChI=1S/C14H11FN2S3/c1-18-13-11(17-6-5-16-14(17)20-13)9-2-3-10(15)8-4-7-19-12(8)9/h2-4,7H,5-6H2,1H3. The maximum absolute atomic E-state index is 13.9. The molecule has 2 nitrogen and oxygen atoms in total. The Labute approximate surface area is 128 Å². The number of hydrogen-bond donors (Lipinski definition) is 0. The third-order valence-corrected chi connectivity index (χ3v) is 6.63. The van der Waals surface area contributed by atoms with E-state index in [0.717, 1.165) is 33.9 Å². The van der Waals surface area contributed by atoms with Gasteiger partial charge in [-0.15, -0.1) is 23.1 Å². The van der Waals surface area contributed by atoms with Gasteiger partial charge in [-0.3, -0.25) is 4.99 Å². The quantitative estimate of drug-likeness (QED) is 0.812. The molecule has 0 N–H and O–H groups in total. The summed E-state index contributed by atoms with van der Waals surface area (Å²) in [6.45, 7) is 1.77.